The maximum Gasteiger partial charge on any atom is 0.136 e. The van der Waals surface area contributed by atoms with Gasteiger partial charge in [-0.15, -0.1) is 0 Å². The maximum atomic E-state index is 6.54. The van der Waals surface area contributed by atoms with Crippen molar-refractivity contribution in [2.24, 2.45) is 0 Å². The average Bonchev–Trinajstić information content (AvgIpc) is 3.50. The average molecular weight is 597 g/mol. The fourth-order valence-electron chi connectivity index (χ4n) is 7.83. The lowest BCUT2D eigenvalue weighted by atomic mass is 9.83. The van der Waals surface area contributed by atoms with Crippen molar-refractivity contribution in [1.82, 2.24) is 0 Å². The molecule has 0 atom stereocenters. The number of hydrogen-bond acceptors (Lipinski definition) is 1. The van der Waals surface area contributed by atoms with Gasteiger partial charge in [0.1, 0.15) is 11.2 Å². The minimum absolute atomic E-state index is 0.910. The lowest BCUT2D eigenvalue weighted by Gasteiger charge is -2.19. The zero-order valence-corrected chi connectivity index (χ0v) is 25.6. The number of benzene rings is 9. The van der Waals surface area contributed by atoms with E-state index in [1.165, 1.54) is 76.5 Å². The molecule has 10 rings (SSSR count). The molecule has 0 spiro atoms. The van der Waals surface area contributed by atoms with Crippen LogP contribution in [0.1, 0.15) is 0 Å². The van der Waals surface area contributed by atoms with Gasteiger partial charge in [-0.25, -0.2) is 0 Å². The summed E-state index contributed by atoms with van der Waals surface area (Å²) in [4.78, 5) is 0. The van der Waals surface area contributed by atoms with Gasteiger partial charge in [0.25, 0.3) is 0 Å². The van der Waals surface area contributed by atoms with Crippen LogP contribution in [0.2, 0.25) is 0 Å². The lowest BCUT2D eigenvalue weighted by molar-refractivity contribution is 0.669. The van der Waals surface area contributed by atoms with Crippen molar-refractivity contribution in [3.05, 3.63) is 170 Å². The van der Waals surface area contributed by atoms with Crippen molar-refractivity contribution < 1.29 is 4.42 Å². The summed E-state index contributed by atoms with van der Waals surface area (Å²) in [5.41, 5.74) is 9.26. The molecule has 0 saturated carbocycles. The Balaban J connectivity index is 1.32. The van der Waals surface area contributed by atoms with Gasteiger partial charge in [-0.05, 0) is 94.7 Å². The second-order valence-corrected chi connectivity index (χ2v) is 12.4. The van der Waals surface area contributed by atoms with Gasteiger partial charge in [0.15, 0.2) is 0 Å². The molecule has 1 heterocycles. The Hall–Kier alpha value is -6.18. The van der Waals surface area contributed by atoms with Crippen molar-refractivity contribution in [3.63, 3.8) is 0 Å². The molecular weight excluding hydrogens is 569 g/mol. The molecule has 0 N–H and O–H groups in total. The normalized spacial score (nSPS) is 11.8. The summed E-state index contributed by atoms with van der Waals surface area (Å²) in [5, 5.41) is 12.2. The van der Waals surface area contributed by atoms with Crippen molar-refractivity contribution in [2.75, 3.05) is 0 Å². The molecule has 0 radical (unpaired) electrons. The minimum Gasteiger partial charge on any atom is -0.456 e. The van der Waals surface area contributed by atoms with Crippen LogP contribution in [0.3, 0.4) is 0 Å². The molecule has 1 heteroatoms. The van der Waals surface area contributed by atoms with E-state index in [-0.39, 0.29) is 0 Å². The highest BCUT2D eigenvalue weighted by Crippen LogP contribution is 2.48. The molecule has 0 aliphatic heterocycles. The van der Waals surface area contributed by atoms with E-state index >= 15 is 0 Å². The molecule has 0 aliphatic rings. The third-order valence-corrected chi connectivity index (χ3v) is 9.84. The predicted molar refractivity (Wildman–Crippen MR) is 200 cm³/mol. The smallest absolute Gasteiger partial charge is 0.136 e. The standard InChI is InChI=1S/C46H28O/c1-2-13-29(14-3-1)32-21-10-23-34-33(32)22-11-24-35(34)44-36-17-6-8-19-38(36)45(39-20-9-7-18-37(39)44)40-25-12-26-42-46(40)41-27-30-15-4-5-16-31(30)28-43(41)47-42/h1-28H. The molecule has 47 heavy (non-hydrogen) atoms. The van der Waals surface area contributed by atoms with Crippen LogP contribution in [-0.4, -0.2) is 0 Å². The van der Waals surface area contributed by atoms with Gasteiger partial charge in [-0.2, -0.15) is 0 Å². The van der Waals surface area contributed by atoms with Crippen LogP contribution >= 0.6 is 0 Å². The van der Waals surface area contributed by atoms with Crippen LogP contribution in [-0.2, 0) is 0 Å². The topological polar surface area (TPSA) is 13.1 Å². The molecule has 0 amide bonds. The van der Waals surface area contributed by atoms with Crippen LogP contribution in [0.25, 0.3) is 98.4 Å². The summed E-state index contributed by atoms with van der Waals surface area (Å²) in [7, 11) is 0. The van der Waals surface area contributed by atoms with Crippen molar-refractivity contribution in [1.29, 1.82) is 0 Å². The second kappa shape index (κ2) is 10.2. The zero-order valence-electron chi connectivity index (χ0n) is 25.6. The molecule has 0 bridgehead atoms. The maximum absolute atomic E-state index is 6.54. The van der Waals surface area contributed by atoms with E-state index in [0.29, 0.717) is 0 Å². The third-order valence-electron chi connectivity index (χ3n) is 9.84. The minimum atomic E-state index is 0.910. The van der Waals surface area contributed by atoms with Gasteiger partial charge < -0.3 is 4.42 Å². The molecule has 0 saturated heterocycles. The largest absolute Gasteiger partial charge is 0.456 e. The van der Waals surface area contributed by atoms with E-state index in [9.17, 15) is 0 Å². The third kappa shape index (κ3) is 3.90. The highest BCUT2D eigenvalue weighted by molar-refractivity contribution is 6.27. The predicted octanol–water partition coefficient (Wildman–Crippen LogP) is 13.2. The van der Waals surface area contributed by atoms with E-state index < -0.39 is 0 Å². The first-order valence-electron chi connectivity index (χ1n) is 16.2. The molecule has 1 nitrogen and oxygen atoms in total. The summed E-state index contributed by atoms with van der Waals surface area (Å²) in [6, 6.07) is 61.5. The summed E-state index contributed by atoms with van der Waals surface area (Å²) in [5.74, 6) is 0. The van der Waals surface area contributed by atoms with Crippen LogP contribution < -0.4 is 0 Å². The number of furan rings is 1. The number of fused-ring (bicyclic) bond motifs is 7. The summed E-state index contributed by atoms with van der Waals surface area (Å²) in [6.45, 7) is 0. The first kappa shape index (κ1) is 26.1. The molecule has 9 aromatic carbocycles. The first-order valence-corrected chi connectivity index (χ1v) is 16.2. The molecule has 218 valence electrons. The zero-order chi connectivity index (χ0) is 30.9. The Morgan fingerprint density at radius 2 is 0.787 bits per heavy atom. The van der Waals surface area contributed by atoms with Crippen molar-refractivity contribution in [2.45, 2.75) is 0 Å². The van der Waals surface area contributed by atoms with Gasteiger partial charge in [0.05, 0.1) is 0 Å². The Bertz CT molecular complexity index is 2780. The molecule has 10 aromatic rings. The van der Waals surface area contributed by atoms with E-state index in [4.69, 9.17) is 4.42 Å². The van der Waals surface area contributed by atoms with Gasteiger partial charge in [-0.1, -0.05) is 152 Å². The van der Waals surface area contributed by atoms with E-state index in [2.05, 4.69) is 170 Å². The van der Waals surface area contributed by atoms with E-state index in [1.807, 2.05) is 0 Å². The number of hydrogen-bond donors (Lipinski definition) is 0. The Morgan fingerprint density at radius 1 is 0.298 bits per heavy atom. The van der Waals surface area contributed by atoms with E-state index in [1.54, 1.807) is 0 Å². The van der Waals surface area contributed by atoms with Gasteiger partial charge in [0, 0.05) is 10.8 Å². The monoisotopic (exact) mass is 596 g/mol. The second-order valence-electron chi connectivity index (χ2n) is 12.4. The van der Waals surface area contributed by atoms with Gasteiger partial charge in [-0.3, -0.25) is 0 Å². The quantitative estimate of drug-likeness (QED) is 0.185. The Morgan fingerprint density at radius 3 is 1.47 bits per heavy atom. The Kier molecular flexibility index (Phi) is 5.64. The van der Waals surface area contributed by atoms with Crippen molar-refractivity contribution >= 4 is 65.0 Å². The van der Waals surface area contributed by atoms with Crippen LogP contribution in [0, 0.1) is 0 Å². The van der Waals surface area contributed by atoms with Gasteiger partial charge in [0.2, 0.25) is 0 Å². The highest BCUT2D eigenvalue weighted by Gasteiger charge is 2.21. The SMILES string of the molecule is c1ccc(-c2cccc3c(-c4c5ccccc5c(-c5cccc6oc7cc8ccccc8cc7c56)c5ccccc45)cccc23)cc1. The lowest BCUT2D eigenvalue weighted by Crippen LogP contribution is -1.92. The van der Waals surface area contributed by atoms with Crippen LogP contribution in [0.5, 0.6) is 0 Å². The molecular formula is C46H28O. The van der Waals surface area contributed by atoms with Crippen molar-refractivity contribution in [3.8, 4) is 33.4 Å². The summed E-state index contributed by atoms with van der Waals surface area (Å²) >= 11 is 0. The highest BCUT2D eigenvalue weighted by atomic mass is 16.3. The Labute approximate surface area is 271 Å². The molecule has 0 fully saturated rings. The summed E-state index contributed by atoms with van der Waals surface area (Å²) in [6.07, 6.45) is 0. The van der Waals surface area contributed by atoms with E-state index in [0.717, 1.165) is 21.9 Å². The first-order chi connectivity index (χ1) is 23.3. The molecule has 0 aliphatic carbocycles. The fraction of sp³-hybridized carbons (Fsp3) is 0. The van der Waals surface area contributed by atoms with Crippen LogP contribution in [0.4, 0.5) is 0 Å². The fourth-order valence-corrected chi connectivity index (χ4v) is 7.83. The number of rotatable bonds is 3. The molecule has 1 aromatic heterocycles. The molecule has 0 unspecified atom stereocenters. The van der Waals surface area contributed by atoms with Crippen LogP contribution in [0.15, 0.2) is 174 Å². The van der Waals surface area contributed by atoms with Gasteiger partial charge >= 0.3 is 0 Å². The summed E-state index contributed by atoms with van der Waals surface area (Å²) < 4.78 is 6.54.